The van der Waals surface area contributed by atoms with Gasteiger partial charge in [-0.2, -0.15) is 0 Å². The SMILES string of the molecule is COC(=O)[C@@H]1C[C@H]2C(=O)N[C@H]3CC[C@@H](C)C[C@H]3[C@H]21. The zero-order valence-corrected chi connectivity index (χ0v) is 11.0. The van der Waals surface area contributed by atoms with Gasteiger partial charge in [0.2, 0.25) is 5.91 Å². The molecule has 0 aromatic heterocycles. The molecule has 1 heterocycles. The van der Waals surface area contributed by atoms with E-state index in [-0.39, 0.29) is 29.6 Å². The molecule has 0 radical (unpaired) electrons. The Morgan fingerprint density at radius 2 is 2.11 bits per heavy atom. The molecule has 2 aliphatic carbocycles. The van der Waals surface area contributed by atoms with E-state index in [4.69, 9.17) is 4.74 Å². The van der Waals surface area contributed by atoms with Gasteiger partial charge in [0.05, 0.1) is 13.0 Å². The highest BCUT2D eigenvalue weighted by atomic mass is 16.5. The second-order valence-corrected chi connectivity index (χ2v) is 6.25. The van der Waals surface area contributed by atoms with Crippen LogP contribution in [0.1, 0.15) is 32.6 Å². The molecule has 18 heavy (non-hydrogen) atoms. The zero-order chi connectivity index (χ0) is 12.9. The van der Waals surface area contributed by atoms with Gasteiger partial charge in [-0.3, -0.25) is 9.59 Å². The number of ether oxygens (including phenoxy) is 1. The predicted octanol–water partition coefficient (Wildman–Crippen LogP) is 1.35. The van der Waals surface area contributed by atoms with Gasteiger partial charge < -0.3 is 10.1 Å². The number of methoxy groups -OCH3 is 1. The van der Waals surface area contributed by atoms with E-state index < -0.39 is 0 Å². The van der Waals surface area contributed by atoms with Gasteiger partial charge in [-0.05, 0) is 43.4 Å². The molecule has 3 aliphatic rings. The van der Waals surface area contributed by atoms with E-state index in [0.717, 1.165) is 12.8 Å². The molecule has 1 saturated heterocycles. The quantitative estimate of drug-likeness (QED) is 0.716. The normalized spacial score (nSPS) is 46.2. The van der Waals surface area contributed by atoms with Crippen molar-refractivity contribution < 1.29 is 14.3 Å². The summed E-state index contributed by atoms with van der Waals surface area (Å²) in [5.41, 5.74) is 0. The average molecular weight is 251 g/mol. The van der Waals surface area contributed by atoms with Gasteiger partial charge >= 0.3 is 5.97 Å². The predicted molar refractivity (Wildman–Crippen MR) is 65.5 cm³/mol. The van der Waals surface area contributed by atoms with Crippen LogP contribution in [0.3, 0.4) is 0 Å². The fraction of sp³-hybridized carbons (Fsp3) is 0.857. The number of hydrogen-bond acceptors (Lipinski definition) is 3. The van der Waals surface area contributed by atoms with Gasteiger partial charge in [0.1, 0.15) is 0 Å². The second-order valence-electron chi connectivity index (χ2n) is 6.25. The van der Waals surface area contributed by atoms with Crippen molar-refractivity contribution in [3.8, 4) is 0 Å². The number of fused-ring (bicyclic) bond motifs is 3. The van der Waals surface area contributed by atoms with Crippen molar-refractivity contribution in [3.63, 3.8) is 0 Å². The number of hydrogen-bond donors (Lipinski definition) is 1. The molecular weight excluding hydrogens is 230 g/mol. The second kappa shape index (κ2) is 4.25. The van der Waals surface area contributed by atoms with Gasteiger partial charge in [0.25, 0.3) is 0 Å². The van der Waals surface area contributed by atoms with Crippen molar-refractivity contribution in [2.45, 2.75) is 38.6 Å². The molecule has 1 amide bonds. The van der Waals surface area contributed by atoms with Crippen LogP contribution in [0.15, 0.2) is 0 Å². The van der Waals surface area contributed by atoms with E-state index >= 15 is 0 Å². The average Bonchev–Trinajstić information content (AvgIpc) is 2.30. The number of rotatable bonds is 1. The molecule has 0 unspecified atom stereocenters. The molecular formula is C14H21NO3. The van der Waals surface area contributed by atoms with E-state index in [0.29, 0.717) is 24.3 Å². The third-order valence-corrected chi connectivity index (χ3v) is 5.26. The van der Waals surface area contributed by atoms with E-state index in [1.165, 1.54) is 13.5 Å². The molecule has 0 aromatic carbocycles. The van der Waals surface area contributed by atoms with Crippen LogP contribution in [0.4, 0.5) is 0 Å². The Balaban J connectivity index is 1.81. The standard InChI is InChI=1S/C14H21NO3/c1-7-3-4-11-8(5-7)12-9(13(16)15-11)6-10(12)14(17)18-2/h7-12H,3-6H2,1-2H3,(H,15,16)/t7-,8-,9-,10-,11+,12-/m1/s1. The summed E-state index contributed by atoms with van der Waals surface area (Å²) in [4.78, 5) is 23.7. The number of amides is 1. The highest BCUT2D eigenvalue weighted by Crippen LogP contribution is 2.53. The first kappa shape index (κ1) is 12.0. The number of esters is 1. The fourth-order valence-electron chi connectivity index (χ4n) is 4.28. The Morgan fingerprint density at radius 3 is 2.83 bits per heavy atom. The Bertz CT molecular complexity index is 381. The molecule has 3 fully saturated rings. The van der Waals surface area contributed by atoms with Gasteiger partial charge in [0.15, 0.2) is 0 Å². The summed E-state index contributed by atoms with van der Waals surface area (Å²) in [7, 11) is 1.44. The minimum Gasteiger partial charge on any atom is -0.469 e. The van der Waals surface area contributed by atoms with Crippen LogP contribution < -0.4 is 5.32 Å². The molecule has 100 valence electrons. The maximum absolute atomic E-state index is 12.0. The lowest BCUT2D eigenvalue weighted by atomic mass is 9.53. The van der Waals surface area contributed by atoms with E-state index in [1.54, 1.807) is 0 Å². The summed E-state index contributed by atoms with van der Waals surface area (Å²) in [5, 5.41) is 3.16. The molecule has 4 heteroatoms. The number of carbonyl (C=O) groups is 2. The fourth-order valence-corrected chi connectivity index (χ4v) is 4.28. The molecule has 6 atom stereocenters. The number of piperidine rings is 1. The lowest BCUT2D eigenvalue weighted by Gasteiger charge is -2.55. The molecule has 0 aromatic rings. The lowest BCUT2D eigenvalue weighted by molar-refractivity contribution is -0.168. The largest absolute Gasteiger partial charge is 0.469 e. The van der Waals surface area contributed by atoms with Crippen molar-refractivity contribution >= 4 is 11.9 Å². The maximum Gasteiger partial charge on any atom is 0.308 e. The summed E-state index contributed by atoms with van der Waals surface area (Å²) >= 11 is 0. The summed E-state index contributed by atoms with van der Waals surface area (Å²) in [6, 6.07) is 0.294. The van der Waals surface area contributed by atoms with Crippen LogP contribution in [0, 0.1) is 29.6 Å². The van der Waals surface area contributed by atoms with Crippen molar-refractivity contribution in [2.75, 3.05) is 7.11 Å². The van der Waals surface area contributed by atoms with Gasteiger partial charge in [-0.15, -0.1) is 0 Å². The highest BCUT2D eigenvalue weighted by Gasteiger charge is 2.57. The Labute approximate surface area is 107 Å². The summed E-state index contributed by atoms with van der Waals surface area (Å²) in [6.07, 6.45) is 4.07. The molecule has 0 bridgehead atoms. The van der Waals surface area contributed by atoms with Crippen LogP contribution in [-0.4, -0.2) is 25.0 Å². The van der Waals surface area contributed by atoms with Crippen LogP contribution in [-0.2, 0) is 14.3 Å². The first-order chi connectivity index (χ1) is 8.61. The topological polar surface area (TPSA) is 55.4 Å². The third kappa shape index (κ3) is 1.65. The van der Waals surface area contributed by atoms with Crippen LogP contribution in [0.25, 0.3) is 0 Å². The lowest BCUT2D eigenvalue weighted by Crippen LogP contribution is -2.64. The van der Waals surface area contributed by atoms with Crippen LogP contribution in [0.5, 0.6) is 0 Å². The van der Waals surface area contributed by atoms with E-state index in [1.807, 2.05) is 0 Å². The molecule has 3 rings (SSSR count). The van der Waals surface area contributed by atoms with Crippen molar-refractivity contribution in [2.24, 2.45) is 29.6 Å². The smallest absolute Gasteiger partial charge is 0.308 e. The summed E-state index contributed by atoms with van der Waals surface area (Å²) in [5.74, 6) is 1.48. The molecule has 1 N–H and O–H groups in total. The van der Waals surface area contributed by atoms with Gasteiger partial charge in [-0.25, -0.2) is 0 Å². The van der Waals surface area contributed by atoms with Crippen LogP contribution in [0.2, 0.25) is 0 Å². The molecule has 4 nitrogen and oxygen atoms in total. The first-order valence-corrected chi connectivity index (χ1v) is 7.00. The molecule has 0 spiro atoms. The first-order valence-electron chi connectivity index (χ1n) is 7.00. The zero-order valence-electron chi connectivity index (χ0n) is 11.0. The maximum atomic E-state index is 12.0. The van der Waals surface area contributed by atoms with E-state index in [2.05, 4.69) is 12.2 Å². The van der Waals surface area contributed by atoms with Crippen molar-refractivity contribution in [3.05, 3.63) is 0 Å². The highest BCUT2D eigenvalue weighted by molar-refractivity contribution is 5.85. The number of nitrogens with one attached hydrogen (secondary N) is 1. The van der Waals surface area contributed by atoms with Crippen LogP contribution >= 0.6 is 0 Å². The monoisotopic (exact) mass is 251 g/mol. The third-order valence-electron chi connectivity index (χ3n) is 5.26. The number of carbonyl (C=O) groups excluding carboxylic acids is 2. The Hall–Kier alpha value is -1.06. The minimum absolute atomic E-state index is 0.0381. The van der Waals surface area contributed by atoms with E-state index in [9.17, 15) is 9.59 Å². The summed E-state index contributed by atoms with van der Waals surface area (Å²) in [6.45, 7) is 2.27. The summed E-state index contributed by atoms with van der Waals surface area (Å²) < 4.78 is 4.87. The Morgan fingerprint density at radius 1 is 1.33 bits per heavy atom. The minimum atomic E-state index is -0.122. The molecule has 1 aliphatic heterocycles. The van der Waals surface area contributed by atoms with Crippen molar-refractivity contribution in [1.29, 1.82) is 0 Å². The van der Waals surface area contributed by atoms with Gasteiger partial charge in [-0.1, -0.05) is 6.92 Å². The van der Waals surface area contributed by atoms with Crippen molar-refractivity contribution in [1.82, 2.24) is 5.32 Å². The Kier molecular flexibility index (Phi) is 2.83. The molecule has 2 saturated carbocycles. The van der Waals surface area contributed by atoms with Gasteiger partial charge in [0, 0.05) is 12.0 Å².